The van der Waals surface area contributed by atoms with Crippen LogP contribution in [0.2, 0.25) is 5.02 Å². The second-order valence-electron chi connectivity index (χ2n) is 5.43. The molecule has 0 aliphatic carbocycles. The van der Waals surface area contributed by atoms with Crippen LogP contribution in [0, 0.1) is 0 Å². The minimum atomic E-state index is -4.37. The molecule has 0 aliphatic heterocycles. The summed E-state index contributed by atoms with van der Waals surface area (Å²) in [5.74, 6) is -0.936. The summed E-state index contributed by atoms with van der Waals surface area (Å²) in [6.45, 7) is -1.25. The van der Waals surface area contributed by atoms with Gasteiger partial charge >= 0.3 is 12.1 Å². The fraction of sp³-hybridized carbons (Fsp3) is 0.353. The van der Waals surface area contributed by atoms with E-state index < -0.39 is 18.8 Å². The summed E-state index contributed by atoms with van der Waals surface area (Å²) in [5.41, 5.74) is 2.33. The van der Waals surface area contributed by atoms with Crippen LogP contribution in [0.25, 0.3) is 11.3 Å². The lowest BCUT2D eigenvalue weighted by molar-refractivity contribution is -0.174. The van der Waals surface area contributed by atoms with E-state index >= 15 is 0 Å². The highest BCUT2D eigenvalue weighted by molar-refractivity contribution is 6.30. The van der Waals surface area contributed by atoms with Gasteiger partial charge in [-0.1, -0.05) is 23.7 Å². The third-order valence-electron chi connectivity index (χ3n) is 3.53. The van der Waals surface area contributed by atoms with E-state index in [4.69, 9.17) is 16.7 Å². The van der Waals surface area contributed by atoms with Crippen LogP contribution < -0.4 is 0 Å². The van der Waals surface area contributed by atoms with E-state index in [2.05, 4.69) is 4.74 Å². The number of alkyl halides is 3. The third kappa shape index (κ3) is 6.10. The van der Waals surface area contributed by atoms with Crippen LogP contribution in [0.5, 0.6) is 0 Å². The Hall–Kier alpha value is -1.99. The van der Waals surface area contributed by atoms with Gasteiger partial charge in [0.05, 0.1) is 13.0 Å². The van der Waals surface area contributed by atoms with E-state index in [-0.39, 0.29) is 26.0 Å². The van der Waals surface area contributed by atoms with Gasteiger partial charge in [-0.25, -0.2) is 0 Å². The Morgan fingerprint density at radius 1 is 1.16 bits per heavy atom. The molecule has 1 heterocycles. The second-order valence-corrected chi connectivity index (χ2v) is 5.87. The van der Waals surface area contributed by atoms with Crippen LogP contribution in [-0.2, 0) is 22.5 Å². The van der Waals surface area contributed by atoms with Crippen LogP contribution in [0.4, 0.5) is 13.2 Å². The fourth-order valence-corrected chi connectivity index (χ4v) is 2.57. The first-order valence-corrected chi connectivity index (χ1v) is 7.95. The van der Waals surface area contributed by atoms with Gasteiger partial charge in [0.15, 0.2) is 0 Å². The number of aliphatic carboxylic acids is 1. The number of ether oxygens (including phenoxy) is 1. The Labute approximate surface area is 147 Å². The first-order chi connectivity index (χ1) is 11.8. The quantitative estimate of drug-likeness (QED) is 0.695. The van der Waals surface area contributed by atoms with Crippen LogP contribution >= 0.6 is 11.6 Å². The third-order valence-corrected chi connectivity index (χ3v) is 3.78. The molecule has 0 aliphatic rings. The fourth-order valence-electron chi connectivity index (χ4n) is 2.44. The number of hydrogen-bond acceptors (Lipinski definition) is 2. The summed E-state index contributed by atoms with van der Waals surface area (Å²) in [5, 5.41) is 9.42. The molecule has 0 spiro atoms. The number of carboxylic acid groups (broad SMARTS) is 1. The standard InChI is InChI=1S/C17H17ClF3NO3/c18-13-3-1-12(2-4-13)15-7-5-14(6-8-16(23)24)22(15)9-10-25-11-17(19,20)21/h1-5,7H,6,8-11H2,(H,23,24). The zero-order valence-corrected chi connectivity index (χ0v) is 14.0. The van der Waals surface area contributed by atoms with Crippen molar-refractivity contribution in [1.82, 2.24) is 4.57 Å². The predicted octanol–water partition coefficient (Wildman–Crippen LogP) is 4.40. The van der Waals surface area contributed by atoms with Gasteiger partial charge in [0, 0.05) is 23.0 Å². The van der Waals surface area contributed by atoms with Crippen LogP contribution in [0.3, 0.4) is 0 Å². The average molecular weight is 376 g/mol. The van der Waals surface area contributed by atoms with Crippen molar-refractivity contribution in [2.75, 3.05) is 13.2 Å². The number of carboxylic acids is 1. The molecule has 1 aromatic carbocycles. The summed E-state index contributed by atoms with van der Waals surface area (Å²) in [7, 11) is 0. The van der Waals surface area contributed by atoms with Crippen molar-refractivity contribution >= 4 is 17.6 Å². The van der Waals surface area contributed by atoms with Crippen molar-refractivity contribution < 1.29 is 27.8 Å². The Balaban J connectivity index is 2.17. The maximum absolute atomic E-state index is 12.2. The molecular weight excluding hydrogens is 359 g/mol. The zero-order valence-electron chi connectivity index (χ0n) is 13.2. The van der Waals surface area contributed by atoms with E-state index in [1.807, 2.05) is 6.07 Å². The highest BCUT2D eigenvalue weighted by Gasteiger charge is 2.27. The van der Waals surface area contributed by atoms with Crippen molar-refractivity contribution in [3.8, 4) is 11.3 Å². The molecule has 0 amide bonds. The molecule has 0 saturated carbocycles. The topological polar surface area (TPSA) is 51.5 Å². The van der Waals surface area contributed by atoms with Crippen LogP contribution in [0.1, 0.15) is 12.1 Å². The van der Waals surface area contributed by atoms with E-state index in [1.165, 1.54) is 0 Å². The van der Waals surface area contributed by atoms with E-state index in [0.717, 1.165) is 17.0 Å². The lowest BCUT2D eigenvalue weighted by Gasteiger charge is -2.14. The van der Waals surface area contributed by atoms with Gasteiger partial charge in [0.25, 0.3) is 0 Å². The summed E-state index contributed by atoms with van der Waals surface area (Å²) in [6.07, 6.45) is -4.16. The number of halogens is 4. The largest absolute Gasteiger partial charge is 0.481 e. The number of carbonyl (C=O) groups is 1. The molecule has 2 aromatic rings. The SMILES string of the molecule is O=C(O)CCc1ccc(-c2ccc(Cl)cc2)n1CCOCC(F)(F)F. The number of benzene rings is 1. The smallest absolute Gasteiger partial charge is 0.411 e. The molecule has 0 bridgehead atoms. The van der Waals surface area contributed by atoms with Crippen molar-refractivity contribution in [2.45, 2.75) is 25.6 Å². The number of aryl methyl sites for hydroxylation is 1. The Bertz CT molecular complexity index is 711. The number of hydrogen-bond donors (Lipinski definition) is 1. The average Bonchev–Trinajstić information content (AvgIpc) is 2.92. The van der Waals surface area contributed by atoms with E-state index in [9.17, 15) is 18.0 Å². The highest BCUT2D eigenvalue weighted by Crippen LogP contribution is 2.25. The monoisotopic (exact) mass is 375 g/mol. The van der Waals surface area contributed by atoms with E-state index in [0.29, 0.717) is 5.02 Å². The van der Waals surface area contributed by atoms with Crippen molar-refractivity contribution in [1.29, 1.82) is 0 Å². The van der Waals surface area contributed by atoms with Gasteiger partial charge in [-0.05, 0) is 36.2 Å². The molecule has 25 heavy (non-hydrogen) atoms. The highest BCUT2D eigenvalue weighted by atomic mass is 35.5. The van der Waals surface area contributed by atoms with Gasteiger partial charge in [-0.15, -0.1) is 0 Å². The molecule has 0 saturated heterocycles. The van der Waals surface area contributed by atoms with Gasteiger partial charge in [-0.2, -0.15) is 13.2 Å². The molecule has 2 rings (SSSR count). The first kappa shape index (κ1) is 19.3. The molecule has 0 atom stereocenters. The van der Waals surface area contributed by atoms with Gasteiger partial charge < -0.3 is 14.4 Å². The maximum Gasteiger partial charge on any atom is 0.411 e. The molecule has 0 unspecified atom stereocenters. The summed E-state index contributed by atoms with van der Waals surface area (Å²) in [4.78, 5) is 10.8. The summed E-state index contributed by atoms with van der Waals surface area (Å²) in [6, 6.07) is 10.6. The zero-order chi connectivity index (χ0) is 18.4. The molecule has 1 aromatic heterocycles. The maximum atomic E-state index is 12.2. The number of nitrogens with zero attached hydrogens (tertiary/aromatic N) is 1. The van der Waals surface area contributed by atoms with Crippen LogP contribution in [0.15, 0.2) is 36.4 Å². The molecular formula is C17H17ClF3NO3. The van der Waals surface area contributed by atoms with Gasteiger partial charge in [0.2, 0.25) is 0 Å². The van der Waals surface area contributed by atoms with E-state index in [1.54, 1.807) is 34.9 Å². The molecule has 0 fully saturated rings. The normalized spacial score (nSPS) is 11.7. The number of rotatable bonds is 8. The lowest BCUT2D eigenvalue weighted by Crippen LogP contribution is -2.19. The molecule has 4 nitrogen and oxygen atoms in total. The van der Waals surface area contributed by atoms with Crippen LogP contribution in [-0.4, -0.2) is 35.0 Å². The van der Waals surface area contributed by atoms with Gasteiger partial charge in [-0.3, -0.25) is 4.79 Å². The molecule has 136 valence electrons. The van der Waals surface area contributed by atoms with Crippen molar-refractivity contribution in [3.05, 3.63) is 47.1 Å². The Morgan fingerprint density at radius 2 is 1.84 bits per heavy atom. The lowest BCUT2D eigenvalue weighted by atomic mass is 10.1. The molecule has 8 heteroatoms. The first-order valence-electron chi connectivity index (χ1n) is 7.57. The molecule has 0 radical (unpaired) electrons. The minimum absolute atomic E-state index is 0.0620. The second kappa shape index (κ2) is 8.40. The molecule has 1 N–H and O–H groups in total. The van der Waals surface area contributed by atoms with Crippen molar-refractivity contribution in [2.24, 2.45) is 0 Å². The Morgan fingerprint density at radius 3 is 2.44 bits per heavy atom. The summed E-state index contributed by atoms with van der Waals surface area (Å²) < 4.78 is 43.0. The Kier molecular flexibility index (Phi) is 6.50. The number of aromatic nitrogens is 1. The summed E-state index contributed by atoms with van der Waals surface area (Å²) >= 11 is 5.88. The minimum Gasteiger partial charge on any atom is -0.481 e. The predicted molar refractivity (Wildman–Crippen MR) is 87.7 cm³/mol. The van der Waals surface area contributed by atoms with Crippen molar-refractivity contribution in [3.63, 3.8) is 0 Å². The van der Waals surface area contributed by atoms with Gasteiger partial charge in [0.1, 0.15) is 6.61 Å².